The first-order valence-corrected chi connectivity index (χ1v) is 3.88. The highest BCUT2D eigenvalue weighted by Gasteiger charge is 2.31. The van der Waals surface area contributed by atoms with Gasteiger partial charge in [-0.15, -0.1) is 0 Å². The highest BCUT2D eigenvalue weighted by molar-refractivity contribution is 5.71. The quantitative estimate of drug-likeness (QED) is 0.571. The molecule has 0 amide bonds. The molecule has 0 rings (SSSR count). The second kappa shape index (κ2) is 5.21. The lowest BCUT2D eigenvalue weighted by atomic mass is 9.84. The maximum Gasteiger partial charge on any atom is 0.304 e. The Hall–Kier alpha value is -1.59. The van der Waals surface area contributed by atoms with Gasteiger partial charge in [0.1, 0.15) is 0 Å². The minimum Gasteiger partial charge on any atom is -0.481 e. The van der Waals surface area contributed by atoms with E-state index in [2.05, 4.69) is 4.74 Å². The van der Waals surface area contributed by atoms with E-state index in [0.717, 1.165) is 0 Å². The van der Waals surface area contributed by atoms with Crippen LogP contribution in [0.15, 0.2) is 0 Å². The number of hydrogen-bond donors (Lipinski definition) is 2. The molecule has 14 heavy (non-hydrogen) atoms. The predicted molar refractivity (Wildman–Crippen MR) is 44.6 cm³/mol. The van der Waals surface area contributed by atoms with Gasteiger partial charge < -0.3 is 14.9 Å². The Morgan fingerprint density at radius 1 is 1.29 bits per heavy atom. The van der Waals surface area contributed by atoms with Gasteiger partial charge in [-0.1, -0.05) is 6.92 Å². The number of carbonyl (C=O) groups excluding carboxylic acids is 1. The summed E-state index contributed by atoms with van der Waals surface area (Å²) in [5.41, 5.74) is -1.06. The van der Waals surface area contributed by atoms with Gasteiger partial charge in [0.05, 0.1) is 19.4 Å². The molecule has 0 heterocycles. The monoisotopic (exact) mass is 204 g/mol. The summed E-state index contributed by atoms with van der Waals surface area (Å²) in [6.07, 6.45) is -0.708. The number of carbonyl (C=O) groups is 3. The maximum absolute atomic E-state index is 10.4. The zero-order valence-electron chi connectivity index (χ0n) is 7.73. The fourth-order valence-electron chi connectivity index (χ4n) is 1.13. The van der Waals surface area contributed by atoms with Crippen LogP contribution in [0, 0.1) is 5.41 Å². The van der Waals surface area contributed by atoms with E-state index < -0.39 is 17.4 Å². The van der Waals surface area contributed by atoms with E-state index >= 15 is 0 Å². The molecule has 0 radical (unpaired) electrons. The van der Waals surface area contributed by atoms with Crippen molar-refractivity contribution < 1.29 is 29.3 Å². The van der Waals surface area contributed by atoms with Crippen LogP contribution in [0.25, 0.3) is 0 Å². The van der Waals surface area contributed by atoms with Gasteiger partial charge >= 0.3 is 11.9 Å². The molecule has 0 aliphatic heterocycles. The molecule has 0 atom stereocenters. The van der Waals surface area contributed by atoms with Gasteiger partial charge in [0, 0.05) is 5.41 Å². The molecule has 0 aliphatic carbocycles. The van der Waals surface area contributed by atoms with E-state index in [1.54, 1.807) is 0 Å². The topological polar surface area (TPSA) is 101 Å². The SMILES string of the molecule is CC(COC=O)(CC(=O)O)CC(=O)O. The molecule has 0 aromatic carbocycles. The molecule has 0 saturated heterocycles. The first-order chi connectivity index (χ1) is 6.39. The fraction of sp³-hybridized carbons (Fsp3) is 0.625. The largest absolute Gasteiger partial charge is 0.481 e. The number of aliphatic carboxylic acids is 2. The van der Waals surface area contributed by atoms with Crippen molar-refractivity contribution in [2.24, 2.45) is 5.41 Å². The summed E-state index contributed by atoms with van der Waals surface area (Å²) in [7, 11) is 0. The van der Waals surface area contributed by atoms with E-state index in [9.17, 15) is 14.4 Å². The summed E-state index contributed by atoms with van der Waals surface area (Å²) >= 11 is 0. The van der Waals surface area contributed by atoms with Crippen LogP contribution < -0.4 is 0 Å². The minimum atomic E-state index is -1.12. The summed E-state index contributed by atoms with van der Waals surface area (Å²) in [5.74, 6) is -2.24. The van der Waals surface area contributed by atoms with E-state index in [-0.39, 0.29) is 25.9 Å². The summed E-state index contributed by atoms with van der Waals surface area (Å²) in [5, 5.41) is 17.0. The number of ether oxygens (including phenoxy) is 1. The molecule has 0 unspecified atom stereocenters. The molecule has 2 N–H and O–H groups in total. The van der Waals surface area contributed by atoms with Gasteiger partial charge in [-0.25, -0.2) is 0 Å². The van der Waals surface area contributed by atoms with Gasteiger partial charge in [-0.2, -0.15) is 0 Å². The molecule has 0 bridgehead atoms. The van der Waals surface area contributed by atoms with Gasteiger partial charge in [-0.3, -0.25) is 14.4 Å². The lowest BCUT2D eigenvalue weighted by Gasteiger charge is -2.24. The smallest absolute Gasteiger partial charge is 0.304 e. The van der Waals surface area contributed by atoms with E-state index in [1.165, 1.54) is 6.92 Å². The average Bonchev–Trinajstić information content (AvgIpc) is 1.97. The zero-order valence-corrected chi connectivity index (χ0v) is 7.73. The molecule has 0 aromatic heterocycles. The van der Waals surface area contributed by atoms with Crippen LogP contribution in [-0.2, 0) is 19.1 Å². The van der Waals surface area contributed by atoms with Crippen molar-refractivity contribution in [1.82, 2.24) is 0 Å². The summed E-state index contributed by atoms with van der Waals surface area (Å²) in [4.78, 5) is 30.8. The molecule has 0 spiro atoms. The highest BCUT2D eigenvalue weighted by Crippen LogP contribution is 2.26. The molecule has 0 fully saturated rings. The summed E-state index contributed by atoms with van der Waals surface area (Å²) < 4.78 is 4.39. The summed E-state index contributed by atoms with van der Waals surface area (Å²) in [6, 6.07) is 0. The lowest BCUT2D eigenvalue weighted by Crippen LogP contribution is -2.29. The Morgan fingerprint density at radius 3 is 2.00 bits per heavy atom. The number of carboxylic acid groups (broad SMARTS) is 2. The normalized spacial score (nSPS) is 10.6. The van der Waals surface area contributed by atoms with Crippen LogP contribution in [-0.4, -0.2) is 35.2 Å². The Morgan fingerprint density at radius 2 is 1.71 bits per heavy atom. The molecule has 6 heteroatoms. The molecule has 6 nitrogen and oxygen atoms in total. The van der Waals surface area contributed by atoms with Crippen molar-refractivity contribution in [1.29, 1.82) is 0 Å². The highest BCUT2D eigenvalue weighted by atomic mass is 16.5. The fourth-order valence-corrected chi connectivity index (χ4v) is 1.13. The van der Waals surface area contributed by atoms with Crippen molar-refractivity contribution in [2.75, 3.05) is 6.61 Å². The van der Waals surface area contributed by atoms with Gasteiger partial charge in [0.2, 0.25) is 0 Å². The van der Waals surface area contributed by atoms with Gasteiger partial charge in [0.15, 0.2) is 0 Å². The molecule has 80 valence electrons. The molecule has 0 aromatic rings. The standard InChI is InChI=1S/C8H12O6/c1-8(2-6(10)11,3-7(12)13)4-14-5-9/h5H,2-4H2,1H3,(H,10,11)(H,12,13). The molecular weight excluding hydrogens is 192 g/mol. The summed E-state index contributed by atoms with van der Waals surface area (Å²) in [6.45, 7) is 1.40. The van der Waals surface area contributed by atoms with Crippen LogP contribution in [0.5, 0.6) is 0 Å². The first kappa shape index (κ1) is 12.4. The third-order valence-corrected chi connectivity index (χ3v) is 1.66. The predicted octanol–water partition coefficient (Wildman–Crippen LogP) is 0.115. The Bertz CT molecular complexity index is 218. The third-order valence-electron chi connectivity index (χ3n) is 1.66. The second-order valence-electron chi connectivity index (χ2n) is 3.36. The van der Waals surface area contributed by atoms with Crippen LogP contribution in [0.2, 0.25) is 0 Å². The number of hydrogen-bond acceptors (Lipinski definition) is 4. The molecular formula is C8H12O6. The third kappa shape index (κ3) is 5.13. The number of rotatable bonds is 7. The van der Waals surface area contributed by atoms with Crippen molar-refractivity contribution in [3.8, 4) is 0 Å². The zero-order chi connectivity index (χ0) is 11.2. The van der Waals surface area contributed by atoms with E-state index in [4.69, 9.17) is 10.2 Å². The van der Waals surface area contributed by atoms with E-state index in [1.807, 2.05) is 0 Å². The molecule has 0 aliphatic rings. The Kier molecular flexibility index (Phi) is 4.62. The second-order valence-corrected chi connectivity index (χ2v) is 3.36. The Labute approximate surface area is 80.5 Å². The van der Waals surface area contributed by atoms with Gasteiger partial charge in [-0.05, 0) is 0 Å². The van der Waals surface area contributed by atoms with Gasteiger partial charge in [0.25, 0.3) is 6.47 Å². The lowest BCUT2D eigenvalue weighted by molar-refractivity contribution is -0.148. The van der Waals surface area contributed by atoms with Crippen molar-refractivity contribution in [3.05, 3.63) is 0 Å². The molecule has 0 saturated carbocycles. The first-order valence-electron chi connectivity index (χ1n) is 3.88. The number of carboxylic acids is 2. The van der Waals surface area contributed by atoms with Crippen molar-refractivity contribution >= 4 is 18.4 Å². The maximum atomic E-state index is 10.4. The van der Waals surface area contributed by atoms with Crippen LogP contribution in [0.3, 0.4) is 0 Å². The van der Waals surface area contributed by atoms with E-state index in [0.29, 0.717) is 0 Å². The van der Waals surface area contributed by atoms with Crippen LogP contribution in [0.1, 0.15) is 19.8 Å². The van der Waals surface area contributed by atoms with Crippen LogP contribution in [0.4, 0.5) is 0 Å². The van der Waals surface area contributed by atoms with Crippen molar-refractivity contribution in [3.63, 3.8) is 0 Å². The Balaban J connectivity index is 4.38. The average molecular weight is 204 g/mol. The van der Waals surface area contributed by atoms with Crippen molar-refractivity contribution in [2.45, 2.75) is 19.8 Å². The minimum absolute atomic E-state index is 0.169. The van der Waals surface area contributed by atoms with Crippen LogP contribution >= 0.6 is 0 Å².